The molecule has 2 saturated heterocycles. The van der Waals surface area contributed by atoms with Gasteiger partial charge in [-0.25, -0.2) is 0 Å². The van der Waals surface area contributed by atoms with Crippen molar-refractivity contribution in [1.82, 2.24) is 5.32 Å². The molecule has 1 atom stereocenters. The first kappa shape index (κ1) is 8.20. The molecule has 0 aromatic heterocycles. The van der Waals surface area contributed by atoms with Crippen molar-refractivity contribution in [2.45, 2.75) is 25.9 Å². The monoisotopic (exact) mass is 157 g/mol. The predicted octanol–water partition coefficient (Wildman–Crippen LogP) is -0.172. The van der Waals surface area contributed by atoms with Crippen molar-refractivity contribution >= 4 is 11.8 Å². The summed E-state index contributed by atoms with van der Waals surface area (Å²) in [5.41, 5.74) is 0. The predicted molar refractivity (Wildman–Crippen MR) is 37.8 cm³/mol. The molecule has 2 aliphatic rings. The summed E-state index contributed by atoms with van der Waals surface area (Å²) in [4.78, 5) is 20.2. The van der Waals surface area contributed by atoms with Crippen LogP contribution in [0.25, 0.3) is 0 Å². The fourth-order valence-electron chi connectivity index (χ4n) is 0.604. The second-order valence-electron chi connectivity index (χ2n) is 2.62. The van der Waals surface area contributed by atoms with Gasteiger partial charge < -0.3 is 4.74 Å². The molecule has 0 aromatic carbocycles. The summed E-state index contributed by atoms with van der Waals surface area (Å²) in [5, 5.41) is 2.14. The fourth-order valence-corrected chi connectivity index (χ4v) is 0.604. The zero-order valence-corrected chi connectivity index (χ0v) is 6.42. The molecule has 1 N–H and O–H groups in total. The van der Waals surface area contributed by atoms with Crippen molar-refractivity contribution in [3.63, 3.8) is 0 Å². The number of nitrogens with one attached hydrogen (secondary N) is 1. The van der Waals surface area contributed by atoms with Crippen LogP contribution in [0.5, 0.6) is 0 Å². The molecule has 0 radical (unpaired) electrons. The zero-order valence-electron chi connectivity index (χ0n) is 6.42. The maximum Gasteiger partial charge on any atom is 0.227 e. The highest BCUT2D eigenvalue weighted by Crippen LogP contribution is 2.04. The van der Waals surface area contributed by atoms with E-state index < -0.39 is 0 Å². The molecule has 0 aromatic rings. The van der Waals surface area contributed by atoms with Gasteiger partial charge in [0.2, 0.25) is 11.8 Å². The zero-order chi connectivity index (χ0) is 8.27. The van der Waals surface area contributed by atoms with E-state index in [1.165, 1.54) is 0 Å². The fraction of sp³-hybridized carbons (Fsp3) is 0.714. The lowest BCUT2D eigenvalue weighted by atomic mass is 10.4. The molecule has 0 spiro atoms. The van der Waals surface area contributed by atoms with E-state index in [0.717, 1.165) is 6.61 Å². The first-order chi connectivity index (χ1) is 5.18. The van der Waals surface area contributed by atoms with Crippen LogP contribution in [-0.4, -0.2) is 24.5 Å². The highest BCUT2D eigenvalue weighted by Gasteiger charge is 2.15. The summed E-state index contributed by atoms with van der Waals surface area (Å²) in [6.45, 7) is 3.04. The second-order valence-corrected chi connectivity index (χ2v) is 2.62. The summed E-state index contributed by atoms with van der Waals surface area (Å²) in [6, 6.07) is 0. The maximum absolute atomic E-state index is 10.1. The van der Waals surface area contributed by atoms with Crippen molar-refractivity contribution < 1.29 is 14.3 Å². The minimum atomic E-state index is -0.148. The molecule has 0 bridgehead atoms. The molecule has 62 valence electrons. The van der Waals surface area contributed by atoms with E-state index in [1.54, 1.807) is 0 Å². The van der Waals surface area contributed by atoms with E-state index in [2.05, 4.69) is 12.2 Å². The average Bonchev–Trinajstić information content (AvgIpc) is 2.61. The Morgan fingerprint density at radius 2 is 1.73 bits per heavy atom. The smallest absolute Gasteiger partial charge is 0.227 e. The maximum atomic E-state index is 10.1. The molecule has 0 saturated carbocycles. The van der Waals surface area contributed by atoms with Gasteiger partial charge >= 0.3 is 0 Å². The molecule has 0 aliphatic carbocycles. The SMILES string of the molecule is CC1CO1.O=C1CCC(=O)N1. The van der Waals surface area contributed by atoms with E-state index in [-0.39, 0.29) is 11.8 Å². The van der Waals surface area contributed by atoms with Crippen LogP contribution >= 0.6 is 0 Å². The number of rotatable bonds is 0. The molecular weight excluding hydrogens is 146 g/mol. The quantitative estimate of drug-likeness (QED) is 0.392. The van der Waals surface area contributed by atoms with E-state index in [1.807, 2.05) is 0 Å². The van der Waals surface area contributed by atoms with Gasteiger partial charge in [-0.05, 0) is 6.92 Å². The second kappa shape index (κ2) is 3.48. The molecule has 4 nitrogen and oxygen atoms in total. The van der Waals surface area contributed by atoms with Crippen LogP contribution in [0.3, 0.4) is 0 Å². The van der Waals surface area contributed by atoms with Crippen molar-refractivity contribution in [2.75, 3.05) is 6.61 Å². The third-order valence-corrected chi connectivity index (χ3v) is 1.36. The van der Waals surface area contributed by atoms with Crippen LogP contribution in [0.4, 0.5) is 0 Å². The Balaban J connectivity index is 0.000000128. The van der Waals surface area contributed by atoms with Gasteiger partial charge in [0.1, 0.15) is 0 Å². The van der Waals surface area contributed by atoms with E-state index >= 15 is 0 Å². The normalized spacial score (nSPS) is 27.2. The van der Waals surface area contributed by atoms with Gasteiger partial charge in [-0.15, -0.1) is 0 Å². The number of carbonyl (C=O) groups is 2. The topological polar surface area (TPSA) is 58.7 Å². The van der Waals surface area contributed by atoms with Gasteiger partial charge in [0.15, 0.2) is 0 Å². The summed E-state index contributed by atoms with van der Waals surface area (Å²) in [5.74, 6) is -0.296. The molecule has 2 aliphatic heterocycles. The van der Waals surface area contributed by atoms with Crippen LogP contribution in [0.2, 0.25) is 0 Å². The largest absolute Gasteiger partial charge is 0.373 e. The van der Waals surface area contributed by atoms with Gasteiger partial charge in [-0.2, -0.15) is 0 Å². The van der Waals surface area contributed by atoms with Gasteiger partial charge in [0.05, 0.1) is 12.7 Å². The third-order valence-electron chi connectivity index (χ3n) is 1.36. The lowest BCUT2D eigenvalue weighted by Gasteiger charge is -1.79. The Morgan fingerprint density at radius 1 is 1.36 bits per heavy atom. The Morgan fingerprint density at radius 3 is 1.82 bits per heavy atom. The van der Waals surface area contributed by atoms with Gasteiger partial charge in [-0.3, -0.25) is 14.9 Å². The highest BCUT2D eigenvalue weighted by molar-refractivity contribution is 6.01. The molecule has 2 fully saturated rings. The van der Waals surface area contributed by atoms with Gasteiger partial charge in [0.25, 0.3) is 0 Å². The van der Waals surface area contributed by atoms with E-state index in [4.69, 9.17) is 4.74 Å². The Bertz CT molecular complexity index is 161. The van der Waals surface area contributed by atoms with Crippen LogP contribution < -0.4 is 5.32 Å². The molecule has 2 heterocycles. The molecule has 4 heteroatoms. The molecule has 2 amide bonds. The molecule has 11 heavy (non-hydrogen) atoms. The highest BCUT2D eigenvalue weighted by atomic mass is 16.6. The Hall–Kier alpha value is -0.900. The summed E-state index contributed by atoms with van der Waals surface area (Å²) >= 11 is 0. The first-order valence-electron chi connectivity index (χ1n) is 3.63. The third kappa shape index (κ3) is 3.72. The number of imide groups is 1. The lowest BCUT2D eigenvalue weighted by molar-refractivity contribution is -0.124. The number of ether oxygens (including phenoxy) is 1. The van der Waals surface area contributed by atoms with Gasteiger partial charge in [0, 0.05) is 12.8 Å². The Kier molecular flexibility index (Phi) is 2.59. The van der Waals surface area contributed by atoms with Crippen molar-refractivity contribution in [3.8, 4) is 0 Å². The van der Waals surface area contributed by atoms with Crippen molar-refractivity contribution in [3.05, 3.63) is 0 Å². The number of hydrogen-bond donors (Lipinski definition) is 1. The average molecular weight is 157 g/mol. The number of amides is 2. The van der Waals surface area contributed by atoms with Crippen molar-refractivity contribution in [1.29, 1.82) is 0 Å². The minimum absolute atomic E-state index is 0.148. The van der Waals surface area contributed by atoms with Crippen molar-refractivity contribution in [2.24, 2.45) is 0 Å². The standard InChI is InChI=1S/C4H5NO2.C3H6O/c6-3-1-2-4(7)5-3;1-3-2-4-3/h1-2H2,(H,5,6,7);3H,2H2,1H3. The first-order valence-corrected chi connectivity index (χ1v) is 3.63. The number of epoxide rings is 1. The lowest BCUT2D eigenvalue weighted by Crippen LogP contribution is -2.18. The number of hydrogen-bond acceptors (Lipinski definition) is 3. The molecule has 2 rings (SSSR count). The van der Waals surface area contributed by atoms with E-state index in [9.17, 15) is 9.59 Å². The van der Waals surface area contributed by atoms with Crippen LogP contribution in [0.15, 0.2) is 0 Å². The molecular formula is C7H11NO3. The van der Waals surface area contributed by atoms with Crippen LogP contribution in [0.1, 0.15) is 19.8 Å². The Labute approximate surface area is 64.9 Å². The minimum Gasteiger partial charge on any atom is -0.373 e. The summed E-state index contributed by atoms with van der Waals surface area (Å²) in [7, 11) is 0. The summed E-state index contributed by atoms with van der Waals surface area (Å²) < 4.78 is 4.71. The van der Waals surface area contributed by atoms with E-state index in [0.29, 0.717) is 18.9 Å². The molecule has 1 unspecified atom stereocenters. The summed E-state index contributed by atoms with van der Waals surface area (Å²) in [6.07, 6.45) is 1.33. The van der Waals surface area contributed by atoms with Crippen LogP contribution in [-0.2, 0) is 14.3 Å². The van der Waals surface area contributed by atoms with Crippen LogP contribution in [0, 0.1) is 0 Å². The van der Waals surface area contributed by atoms with Gasteiger partial charge in [-0.1, -0.05) is 0 Å². The number of carbonyl (C=O) groups excluding carboxylic acids is 2.